The van der Waals surface area contributed by atoms with E-state index in [4.69, 9.17) is 14.8 Å². The molecule has 0 radical (unpaired) electrons. The summed E-state index contributed by atoms with van der Waals surface area (Å²) in [5, 5.41) is 7.99. The van der Waals surface area contributed by atoms with Gasteiger partial charge in [-0.2, -0.15) is 5.10 Å². The van der Waals surface area contributed by atoms with Crippen LogP contribution in [0.25, 0.3) is 16.8 Å². The molecular weight excluding hydrogens is 448 g/mol. The molecule has 6 nitrogen and oxygen atoms in total. The molecule has 1 N–H and O–H groups in total. The third-order valence-electron chi connectivity index (χ3n) is 6.30. The first kappa shape index (κ1) is 23.5. The molecule has 0 saturated heterocycles. The molecule has 36 heavy (non-hydrogen) atoms. The minimum absolute atomic E-state index is 0.202. The molecular formula is C30H28N4O2. The SMILES string of the molecule is COCc1c(C(=O)N[C@@H](Cc2ccccc2)c2ccccc2)cnc2c(-c3ccccc3)c(C)nn12. The van der Waals surface area contributed by atoms with Gasteiger partial charge in [-0.05, 0) is 30.0 Å². The van der Waals surface area contributed by atoms with Crippen LogP contribution in [0.4, 0.5) is 0 Å². The molecule has 2 aromatic heterocycles. The van der Waals surface area contributed by atoms with Crippen LogP contribution in [0.1, 0.15) is 38.9 Å². The zero-order valence-electron chi connectivity index (χ0n) is 20.4. The van der Waals surface area contributed by atoms with Gasteiger partial charge in [-0.1, -0.05) is 91.0 Å². The summed E-state index contributed by atoms with van der Waals surface area (Å²) in [6, 6.07) is 30.0. The van der Waals surface area contributed by atoms with Gasteiger partial charge in [-0.25, -0.2) is 9.50 Å². The van der Waals surface area contributed by atoms with E-state index in [-0.39, 0.29) is 18.6 Å². The van der Waals surface area contributed by atoms with Crippen molar-refractivity contribution in [3.8, 4) is 11.1 Å². The van der Waals surface area contributed by atoms with Crippen molar-refractivity contribution in [2.75, 3.05) is 7.11 Å². The summed E-state index contributed by atoms with van der Waals surface area (Å²) in [6.07, 6.45) is 2.31. The predicted octanol–water partition coefficient (Wildman–Crippen LogP) is 5.56. The van der Waals surface area contributed by atoms with E-state index in [1.807, 2.05) is 85.8 Å². The van der Waals surface area contributed by atoms with E-state index in [2.05, 4.69) is 17.4 Å². The molecule has 5 rings (SSSR count). The molecule has 0 unspecified atom stereocenters. The first-order chi connectivity index (χ1) is 17.7. The fourth-order valence-corrected chi connectivity index (χ4v) is 4.57. The number of aryl methyl sites for hydroxylation is 1. The van der Waals surface area contributed by atoms with Crippen LogP contribution in [0.2, 0.25) is 0 Å². The van der Waals surface area contributed by atoms with Crippen LogP contribution in [-0.2, 0) is 17.8 Å². The van der Waals surface area contributed by atoms with Gasteiger partial charge in [-0.3, -0.25) is 4.79 Å². The van der Waals surface area contributed by atoms with Crippen LogP contribution >= 0.6 is 0 Å². The van der Waals surface area contributed by atoms with E-state index in [0.717, 1.165) is 27.9 Å². The number of amides is 1. The number of ether oxygens (including phenoxy) is 1. The maximum absolute atomic E-state index is 13.7. The molecule has 1 amide bonds. The van der Waals surface area contributed by atoms with Crippen molar-refractivity contribution in [2.45, 2.75) is 26.0 Å². The van der Waals surface area contributed by atoms with E-state index in [9.17, 15) is 4.79 Å². The standard InChI is InChI=1S/C30H28N4O2/c1-21-28(24-16-10-5-11-17-24)29-31-19-25(27(20-36-2)34(29)33-21)30(35)32-26(23-14-8-4-9-15-23)18-22-12-6-3-7-13-22/h3-17,19,26H,18,20H2,1-2H3,(H,32,35)/t26-/m0/s1. The highest BCUT2D eigenvalue weighted by Gasteiger charge is 2.23. The predicted molar refractivity (Wildman–Crippen MR) is 141 cm³/mol. The second-order valence-corrected chi connectivity index (χ2v) is 8.74. The topological polar surface area (TPSA) is 68.5 Å². The first-order valence-corrected chi connectivity index (χ1v) is 12.0. The van der Waals surface area contributed by atoms with Crippen molar-refractivity contribution >= 4 is 11.6 Å². The smallest absolute Gasteiger partial charge is 0.255 e. The van der Waals surface area contributed by atoms with Gasteiger partial charge in [0.05, 0.1) is 29.6 Å². The number of carbonyl (C=O) groups excluding carboxylic acids is 1. The first-order valence-electron chi connectivity index (χ1n) is 12.0. The highest BCUT2D eigenvalue weighted by molar-refractivity contribution is 5.96. The van der Waals surface area contributed by atoms with Gasteiger partial charge in [-0.15, -0.1) is 0 Å². The summed E-state index contributed by atoms with van der Waals surface area (Å²) in [7, 11) is 1.62. The normalized spacial score (nSPS) is 11.9. The number of hydrogen-bond acceptors (Lipinski definition) is 4. The van der Waals surface area contributed by atoms with Crippen LogP contribution in [-0.4, -0.2) is 27.6 Å². The van der Waals surface area contributed by atoms with Crippen molar-refractivity contribution in [3.05, 3.63) is 125 Å². The average Bonchev–Trinajstić information content (AvgIpc) is 3.26. The number of benzene rings is 3. The summed E-state index contributed by atoms with van der Waals surface area (Å²) in [5.74, 6) is -0.212. The highest BCUT2D eigenvalue weighted by atomic mass is 16.5. The molecule has 0 fully saturated rings. The molecule has 5 aromatic rings. The van der Waals surface area contributed by atoms with Crippen LogP contribution in [0, 0.1) is 6.92 Å². The Balaban J connectivity index is 1.53. The Morgan fingerprint density at radius 2 is 1.58 bits per heavy atom. The average molecular weight is 477 g/mol. The lowest BCUT2D eigenvalue weighted by Gasteiger charge is -2.20. The maximum atomic E-state index is 13.7. The van der Waals surface area contributed by atoms with E-state index in [1.54, 1.807) is 17.8 Å². The summed E-state index contributed by atoms with van der Waals surface area (Å²) in [4.78, 5) is 18.4. The number of aromatic nitrogens is 3. The monoisotopic (exact) mass is 476 g/mol. The lowest BCUT2D eigenvalue weighted by Crippen LogP contribution is -2.31. The van der Waals surface area contributed by atoms with Crippen molar-refractivity contribution < 1.29 is 9.53 Å². The lowest BCUT2D eigenvalue weighted by atomic mass is 9.98. The number of methoxy groups -OCH3 is 1. The number of rotatable bonds is 8. The van der Waals surface area contributed by atoms with E-state index < -0.39 is 0 Å². The molecule has 0 bridgehead atoms. The van der Waals surface area contributed by atoms with Crippen LogP contribution in [0.5, 0.6) is 0 Å². The molecule has 1 atom stereocenters. The Labute approximate surface area is 210 Å². The summed E-state index contributed by atoms with van der Waals surface area (Å²) >= 11 is 0. The second kappa shape index (κ2) is 10.5. The van der Waals surface area contributed by atoms with Gasteiger partial charge in [0.25, 0.3) is 5.91 Å². The van der Waals surface area contributed by atoms with Gasteiger partial charge in [0.1, 0.15) is 0 Å². The van der Waals surface area contributed by atoms with Crippen molar-refractivity contribution in [1.29, 1.82) is 0 Å². The number of nitrogens with one attached hydrogen (secondary N) is 1. The number of hydrogen-bond donors (Lipinski definition) is 1. The number of fused-ring (bicyclic) bond motifs is 1. The van der Waals surface area contributed by atoms with Crippen molar-refractivity contribution in [2.24, 2.45) is 0 Å². The van der Waals surface area contributed by atoms with Crippen molar-refractivity contribution in [3.63, 3.8) is 0 Å². The van der Waals surface area contributed by atoms with Crippen LogP contribution < -0.4 is 5.32 Å². The molecule has 0 saturated carbocycles. The summed E-state index contributed by atoms with van der Waals surface area (Å²) in [5.41, 5.74) is 6.82. The Bertz CT molecular complexity index is 1470. The van der Waals surface area contributed by atoms with E-state index in [1.165, 1.54) is 0 Å². The maximum Gasteiger partial charge on any atom is 0.255 e. The molecule has 0 aliphatic rings. The fourth-order valence-electron chi connectivity index (χ4n) is 4.57. The van der Waals surface area contributed by atoms with Gasteiger partial charge < -0.3 is 10.1 Å². The number of nitrogens with zero attached hydrogens (tertiary/aromatic N) is 3. The zero-order valence-corrected chi connectivity index (χ0v) is 20.4. The molecule has 180 valence electrons. The molecule has 0 aliphatic heterocycles. The van der Waals surface area contributed by atoms with E-state index in [0.29, 0.717) is 23.3 Å². The third-order valence-corrected chi connectivity index (χ3v) is 6.30. The van der Waals surface area contributed by atoms with Crippen LogP contribution in [0.3, 0.4) is 0 Å². The van der Waals surface area contributed by atoms with Crippen molar-refractivity contribution in [1.82, 2.24) is 19.9 Å². The Morgan fingerprint density at radius 3 is 2.25 bits per heavy atom. The zero-order chi connectivity index (χ0) is 24.9. The molecule has 3 aromatic carbocycles. The second-order valence-electron chi connectivity index (χ2n) is 8.74. The van der Waals surface area contributed by atoms with Gasteiger partial charge in [0, 0.05) is 18.9 Å². The van der Waals surface area contributed by atoms with Gasteiger partial charge in [0.15, 0.2) is 5.65 Å². The minimum atomic E-state index is -0.212. The van der Waals surface area contributed by atoms with Crippen LogP contribution in [0.15, 0.2) is 97.2 Å². The minimum Gasteiger partial charge on any atom is -0.378 e. The molecule has 6 heteroatoms. The Hall–Kier alpha value is -4.29. The molecule has 0 spiro atoms. The fraction of sp³-hybridized carbons (Fsp3) is 0.167. The van der Waals surface area contributed by atoms with Gasteiger partial charge in [0.2, 0.25) is 0 Å². The summed E-state index contributed by atoms with van der Waals surface area (Å²) in [6.45, 7) is 2.18. The lowest BCUT2D eigenvalue weighted by molar-refractivity contribution is 0.0929. The molecule has 0 aliphatic carbocycles. The quantitative estimate of drug-likeness (QED) is 0.318. The highest BCUT2D eigenvalue weighted by Crippen LogP contribution is 2.29. The Kier molecular flexibility index (Phi) is 6.87. The number of carbonyl (C=O) groups is 1. The largest absolute Gasteiger partial charge is 0.378 e. The van der Waals surface area contributed by atoms with E-state index >= 15 is 0 Å². The Morgan fingerprint density at radius 1 is 0.944 bits per heavy atom. The van der Waals surface area contributed by atoms with Gasteiger partial charge >= 0.3 is 0 Å². The summed E-state index contributed by atoms with van der Waals surface area (Å²) < 4.78 is 7.24. The molecule has 2 heterocycles. The third kappa shape index (κ3) is 4.76.